The van der Waals surface area contributed by atoms with Gasteiger partial charge in [-0.2, -0.15) is 0 Å². The quantitative estimate of drug-likeness (QED) is 0.188. The van der Waals surface area contributed by atoms with Crippen LogP contribution in [-0.2, 0) is 9.59 Å². The Kier molecular flexibility index (Phi) is 5.64. The highest BCUT2D eigenvalue weighted by Gasteiger charge is 2.36. The van der Waals surface area contributed by atoms with Gasteiger partial charge in [-0.1, -0.05) is 24.3 Å². The van der Waals surface area contributed by atoms with E-state index in [9.17, 15) is 9.59 Å². The van der Waals surface area contributed by atoms with Gasteiger partial charge in [0.15, 0.2) is 34.6 Å². The summed E-state index contributed by atoms with van der Waals surface area (Å²) < 4.78 is 23.8. The van der Waals surface area contributed by atoms with Crippen LogP contribution in [0.3, 0.4) is 0 Å². The third-order valence-corrected chi connectivity index (χ3v) is 9.19. The molecule has 0 N–H and O–H groups in total. The van der Waals surface area contributed by atoms with E-state index in [2.05, 4.69) is 0 Å². The minimum atomic E-state index is -0.119. The molecule has 6 nitrogen and oxygen atoms in total. The molecule has 0 saturated heterocycles. The number of thioether (sulfide) groups is 2. The molecule has 2 aromatic carbocycles. The van der Waals surface area contributed by atoms with Crippen molar-refractivity contribution in [3.63, 3.8) is 0 Å². The van der Waals surface area contributed by atoms with E-state index in [0.717, 1.165) is 49.6 Å². The van der Waals surface area contributed by atoms with Crippen molar-refractivity contribution in [3.05, 3.63) is 107 Å². The zero-order valence-electron chi connectivity index (χ0n) is 22.3. The fraction of sp³-hybridized carbons (Fsp3) is 0.0588. The van der Waals surface area contributed by atoms with Crippen molar-refractivity contribution in [1.29, 1.82) is 0 Å². The number of fused-ring (bicyclic) bond motifs is 2. The molecule has 2 aliphatic rings. The van der Waals surface area contributed by atoms with E-state index in [4.69, 9.17) is 17.7 Å². The lowest BCUT2D eigenvalue weighted by Gasteiger charge is -2.06. The van der Waals surface area contributed by atoms with E-state index < -0.39 is 0 Å². The van der Waals surface area contributed by atoms with Gasteiger partial charge in [0.1, 0.15) is 11.5 Å². The van der Waals surface area contributed by atoms with Gasteiger partial charge in [0.05, 0.1) is 0 Å². The smallest absolute Gasteiger partial charge is 0.225 e. The molecule has 8 heteroatoms. The van der Waals surface area contributed by atoms with E-state index in [1.165, 1.54) is 11.8 Å². The molecule has 0 unspecified atom stereocenters. The Morgan fingerprint density at radius 3 is 1.48 bits per heavy atom. The maximum absolute atomic E-state index is 13.2. The summed E-state index contributed by atoms with van der Waals surface area (Å²) in [5.74, 6) is 5.02. The van der Waals surface area contributed by atoms with Gasteiger partial charge >= 0.3 is 0 Å². The zero-order valence-corrected chi connectivity index (χ0v) is 24.0. The normalized spacial score (nSPS) is 16.0. The first-order valence-corrected chi connectivity index (χ1v) is 14.9. The maximum atomic E-state index is 13.2. The van der Waals surface area contributed by atoms with Crippen LogP contribution in [0.15, 0.2) is 112 Å². The number of rotatable bonds is 4. The van der Waals surface area contributed by atoms with Crippen molar-refractivity contribution < 1.29 is 27.3 Å². The molecule has 204 valence electrons. The fourth-order valence-corrected chi connectivity index (χ4v) is 7.30. The Morgan fingerprint density at radius 2 is 0.929 bits per heavy atom. The predicted octanol–water partition coefficient (Wildman–Crippen LogP) is 9.52. The average Bonchev–Trinajstić information content (AvgIpc) is 3.80. The average molecular weight is 589 g/mol. The largest absolute Gasteiger partial charge is 0.458 e. The second kappa shape index (κ2) is 9.44. The van der Waals surface area contributed by atoms with Crippen LogP contribution < -0.4 is 0 Å². The molecule has 0 radical (unpaired) electrons. The van der Waals surface area contributed by atoms with Gasteiger partial charge in [-0.15, -0.1) is 0 Å². The molecule has 6 aromatic rings. The minimum absolute atomic E-state index is 0.0909. The first-order valence-electron chi connectivity index (χ1n) is 13.2. The first-order chi connectivity index (χ1) is 20.4. The lowest BCUT2D eigenvalue weighted by atomic mass is 9.95. The summed E-state index contributed by atoms with van der Waals surface area (Å²) in [7, 11) is 0. The van der Waals surface area contributed by atoms with Crippen LogP contribution in [0, 0.1) is 13.8 Å². The van der Waals surface area contributed by atoms with Crippen LogP contribution in [-0.4, -0.2) is 10.2 Å². The number of aryl methyl sites for hydroxylation is 2. The lowest BCUT2D eigenvalue weighted by molar-refractivity contribution is -0.107. The molecule has 2 aliphatic heterocycles. The summed E-state index contributed by atoms with van der Waals surface area (Å²) in [5.41, 5.74) is 4.48. The second-order valence-corrected chi connectivity index (χ2v) is 12.2. The van der Waals surface area contributed by atoms with E-state index in [-0.39, 0.29) is 10.2 Å². The molecule has 42 heavy (non-hydrogen) atoms. The maximum Gasteiger partial charge on any atom is 0.225 e. The van der Waals surface area contributed by atoms with Crippen LogP contribution in [0.5, 0.6) is 0 Å². The predicted molar refractivity (Wildman–Crippen MR) is 162 cm³/mol. The lowest BCUT2D eigenvalue weighted by Crippen LogP contribution is -1.99. The molecule has 0 amide bonds. The van der Waals surface area contributed by atoms with Crippen LogP contribution in [0.4, 0.5) is 0 Å². The molecular formula is C34H20O6S2. The van der Waals surface area contributed by atoms with E-state index in [0.29, 0.717) is 51.5 Å². The van der Waals surface area contributed by atoms with Crippen molar-refractivity contribution in [1.82, 2.24) is 0 Å². The topological polar surface area (TPSA) is 86.7 Å². The molecule has 0 fully saturated rings. The monoisotopic (exact) mass is 588 g/mol. The highest BCUT2D eigenvalue weighted by atomic mass is 32.2. The summed E-state index contributed by atoms with van der Waals surface area (Å²) in [4.78, 5) is 27.9. The Balaban J connectivity index is 1.08. The van der Waals surface area contributed by atoms with Crippen molar-refractivity contribution in [2.45, 2.75) is 23.6 Å². The highest BCUT2D eigenvalue weighted by Crippen LogP contribution is 2.51. The molecule has 0 spiro atoms. The number of carbonyl (C=O) groups excluding carboxylic acids is 2. The van der Waals surface area contributed by atoms with Gasteiger partial charge in [-0.3, -0.25) is 9.59 Å². The van der Waals surface area contributed by atoms with E-state index in [1.54, 1.807) is 0 Å². The van der Waals surface area contributed by atoms with Crippen molar-refractivity contribution in [2.24, 2.45) is 0 Å². The summed E-state index contributed by atoms with van der Waals surface area (Å²) in [6.07, 6.45) is 0. The molecule has 0 bridgehead atoms. The van der Waals surface area contributed by atoms with Gasteiger partial charge in [-0.25, -0.2) is 0 Å². The number of furan rings is 4. The zero-order chi connectivity index (χ0) is 28.5. The Hall–Kier alpha value is -4.66. The standard InChI is InChI=1S/C34H20O6S2/c1-17-3-6-20-29(15-17)41-33(35)31(20)32-21-7-5-19(16-30(21)42-34(32)36)22-9-10-25(38-22)26-13-14-28(40-26)27-12-11-24(39-27)23-8-4-18(2)37-23/h3-16H,1-2H3/b32-31+. The van der Waals surface area contributed by atoms with E-state index >= 15 is 0 Å². The SMILES string of the molecule is Cc1ccc2c(c1)SC(=O)/C2=C1/C(=O)Sc2cc(-c3ccc(-c4ccc(-c5ccc(-c6ccc(C)o6)o5)o4)o3)ccc21. The molecular weight excluding hydrogens is 569 g/mol. The van der Waals surface area contributed by atoms with Crippen molar-refractivity contribution >= 4 is 44.9 Å². The van der Waals surface area contributed by atoms with Crippen LogP contribution in [0.2, 0.25) is 0 Å². The third-order valence-electron chi connectivity index (χ3n) is 7.29. The molecule has 0 aliphatic carbocycles. The summed E-state index contributed by atoms with van der Waals surface area (Å²) >= 11 is 2.33. The third kappa shape index (κ3) is 4.06. The summed E-state index contributed by atoms with van der Waals surface area (Å²) in [6, 6.07) is 26.5. The Morgan fingerprint density at radius 1 is 0.476 bits per heavy atom. The number of hydrogen-bond acceptors (Lipinski definition) is 8. The van der Waals surface area contributed by atoms with Gasteiger partial charge in [0.2, 0.25) is 10.2 Å². The van der Waals surface area contributed by atoms with Gasteiger partial charge in [0.25, 0.3) is 0 Å². The minimum Gasteiger partial charge on any atom is -0.458 e. The van der Waals surface area contributed by atoms with Crippen LogP contribution in [0.1, 0.15) is 22.5 Å². The highest BCUT2D eigenvalue weighted by molar-refractivity contribution is 8.16. The number of benzene rings is 2. The Labute approximate surface area is 248 Å². The molecule has 8 rings (SSSR count). The first kappa shape index (κ1) is 25.1. The molecule has 4 aromatic heterocycles. The van der Waals surface area contributed by atoms with Gasteiger partial charge in [-0.05, 0) is 104 Å². The fourth-order valence-electron chi connectivity index (χ4n) is 5.28. The van der Waals surface area contributed by atoms with Crippen LogP contribution >= 0.6 is 23.5 Å². The van der Waals surface area contributed by atoms with Gasteiger partial charge < -0.3 is 17.7 Å². The van der Waals surface area contributed by atoms with Crippen molar-refractivity contribution in [3.8, 4) is 45.9 Å². The molecule has 0 atom stereocenters. The van der Waals surface area contributed by atoms with E-state index in [1.807, 2.05) is 98.8 Å². The molecule has 6 heterocycles. The summed E-state index contributed by atoms with van der Waals surface area (Å²) in [5, 5.41) is -0.210. The number of carbonyl (C=O) groups is 2. The number of hydrogen-bond donors (Lipinski definition) is 0. The molecule has 0 saturated carbocycles. The van der Waals surface area contributed by atoms with Crippen LogP contribution in [0.25, 0.3) is 57.0 Å². The summed E-state index contributed by atoms with van der Waals surface area (Å²) in [6.45, 7) is 3.88. The van der Waals surface area contributed by atoms with Gasteiger partial charge in [0, 0.05) is 37.6 Å². The Bertz CT molecular complexity index is 2110. The van der Waals surface area contributed by atoms with Crippen molar-refractivity contribution in [2.75, 3.05) is 0 Å². The second-order valence-electron chi connectivity index (χ2n) is 10.1.